The lowest BCUT2D eigenvalue weighted by molar-refractivity contribution is -0.125. The predicted molar refractivity (Wildman–Crippen MR) is 85.4 cm³/mol. The Kier molecular flexibility index (Phi) is 3.85. The van der Waals surface area contributed by atoms with Gasteiger partial charge in [0, 0.05) is 10.9 Å². The van der Waals surface area contributed by atoms with E-state index in [-0.39, 0.29) is 17.9 Å². The highest BCUT2D eigenvalue weighted by Gasteiger charge is 2.33. The fourth-order valence-electron chi connectivity index (χ4n) is 2.65. The number of aromatic nitrogens is 1. The van der Waals surface area contributed by atoms with Crippen molar-refractivity contribution in [3.05, 3.63) is 35.5 Å². The van der Waals surface area contributed by atoms with Crippen LogP contribution in [0.5, 0.6) is 0 Å². The number of H-pyrrole nitrogens is 1. The van der Waals surface area contributed by atoms with Crippen molar-refractivity contribution >= 4 is 32.6 Å². The molecule has 8 heteroatoms. The Morgan fingerprint density at radius 1 is 1.22 bits per heavy atom. The molecule has 3 N–H and O–H groups in total. The van der Waals surface area contributed by atoms with Crippen molar-refractivity contribution in [2.45, 2.75) is 13.3 Å². The van der Waals surface area contributed by atoms with E-state index in [9.17, 15) is 18.0 Å². The second-order valence-corrected chi connectivity index (χ2v) is 8.05. The summed E-state index contributed by atoms with van der Waals surface area (Å²) in [6.07, 6.45) is 0.287. The molecule has 23 heavy (non-hydrogen) atoms. The summed E-state index contributed by atoms with van der Waals surface area (Å²) >= 11 is 0. The standard InChI is InChI=1S/C15H17N3O4S/c1-9-2-3-10-7-13(16-12(10)6-9)15(20)18-17-14(19)11-4-5-23(21,22)8-11/h2-3,6-7,11,16H,4-5,8H2,1H3,(H,17,19)(H,18,20). The van der Waals surface area contributed by atoms with E-state index in [2.05, 4.69) is 15.8 Å². The normalized spacial score (nSPS) is 19.6. The molecule has 1 aliphatic rings. The topological polar surface area (TPSA) is 108 Å². The highest BCUT2D eigenvalue weighted by Crippen LogP contribution is 2.18. The van der Waals surface area contributed by atoms with E-state index < -0.39 is 27.6 Å². The van der Waals surface area contributed by atoms with Crippen molar-refractivity contribution in [1.29, 1.82) is 0 Å². The molecule has 0 saturated carbocycles. The van der Waals surface area contributed by atoms with E-state index in [0.717, 1.165) is 16.5 Å². The van der Waals surface area contributed by atoms with Crippen LogP contribution in [0.4, 0.5) is 0 Å². The first-order valence-electron chi connectivity index (χ1n) is 7.24. The highest BCUT2D eigenvalue weighted by molar-refractivity contribution is 7.91. The van der Waals surface area contributed by atoms with Gasteiger partial charge in [0.05, 0.1) is 17.4 Å². The molecule has 1 aromatic carbocycles. The summed E-state index contributed by atoms with van der Waals surface area (Å²) in [5.41, 5.74) is 6.84. The van der Waals surface area contributed by atoms with Crippen molar-refractivity contribution < 1.29 is 18.0 Å². The highest BCUT2D eigenvalue weighted by atomic mass is 32.2. The van der Waals surface area contributed by atoms with Gasteiger partial charge in [0.1, 0.15) is 5.69 Å². The number of hydrogen-bond acceptors (Lipinski definition) is 4. The van der Waals surface area contributed by atoms with E-state index in [0.29, 0.717) is 5.69 Å². The summed E-state index contributed by atoms with van der Waals surface area (Å²) < 4.78 is 22.7. The minimum Gasteiger partial charge on any atom is -0.350 e. The number of rotatable bonds is 2. The third-order valence-electron chi connectivity index (χ3n) is 3.93. The van der Waals surface area contributed by atoms with Crippen LogP contribution in [-0.2, 0) is 14.6 Å². The molecule has 1 unspecified atom stereocenters. The lowest BCUT2D eigenvalue weighted by atomic mass is 10.1. The van der Waals surface area contributed by atoms with Gasteiger partial charge in [-0.2, -0.15) is 0 Å². The number of nitrogens with one attached hydrogen (secondary N) is 3. The molecule has 1 aliphatic heterocycles. The van der Waals surface area contributed by atoms with Crippen LogP contribution in [0.25, 0.3) is 10.9 Å². The number of benzene rings is 1. The van der Waals surface area contributed by atoms with Crippen molar-refractivity contribution in [3.8, 4) is 0 Å². The van der Waals surface area contributed by atoms with Crippen LogP contribution in [0.15, 0.2) is 24.3 Å². The number of fused-ring (bicyclic) bond motifs is 1. The van der Waals surface area contributed by atoms with Crippen LogP contribution in [0.3, 0.4) is 0 Å². The Morgan fingerprint density at radius 3 is 2.70 bits per heavy atom. The summed E-state index contributed by atoms with van der Waals surface area (Å²) in [6.45, 7) is 1.95. The predicted octanol–water partition coefficient (Wildman–Crippen LogP) is 0.672. The van der Waals surface area contributed by atoms with Crippen molar-refractivity contribution in [1.82, 2.24) is 15.8 Å². The zero-order chi connectivity index (χ0) is 16.6. The molecule has 1 fully saturated rings. The monoisotopic (exact) mass is 335 g/mol. The van der Waals surface area contributed by atoms with Gasteiger partial charge in [-0.3, -0.25) is 20.4 Å². The number of carbonyl (C=O) groups is 2. The second kappa shape index (κ2) is 5.69. The van der Waals surface area contributed by atoms with Crippen LogP contribution in [0.2, 0.25) is 0 Å². The maximum absolute atomic E-state index is 12.1. The molecular formula is C15H17N3O4S. The molecule has 1 aromatic heterocycles. The second-order valence-electron chi connectivity index (χ2n) is 5.82. The third-order valence-corrected chi connectivity index (χ3v) is 5.69. The molecular weight excluding hydrogens is 318 g/mol. The molecule has 0 aliphatic carbocycles. The summed E-state index contributed by atoms with van der Waals surface area (Å²) in [5.74, 6) is -1.72. The number of sulfone groups is 1. The smallest absolute Gasteiger partial charge is 0.286 e. The number of aryl methyl sites for hydroxylation is 1. The Hall–Kier alpha value is -2.35. The van der Waals surface area contributed by atoms with Gasteiger partial charge in [-0.15, -0.1) is 0 Å². The Bertz CT molecular complexity index is 885. The SMILES string of the molecule is Cc1ccc2cc(C(=O)NNC(=O)C3CCS(=O)(=O)C3)[nH]c2c1. The number of aromatic amines is 1. The molecule has 2 amide bonds. The quantitative estimate of drug-likeness (QED) is 0.701. The minimum absolute atomic E-state index is 0.0143. The van der Waals surface area contributed by atoms with Crippen LogP contribution in [0.1, 0.15) is 22.5 Å². The molecule has 2 heterocycles. The molecule has 3 rings (SSSR count). The average molecular weight is 335 g/mol. The first-order valence-corrected chi connectivity index (χ1v) is 9.06. The van der Waals surface area contributed by atoms with Crippen molar-refractivity contribution in [3.63, 3.8) is 0 Å². The lowest BCUT2D eigenvalue weighted by Crippen LogP contribution is -2.44. The van der Waals surface area contributed by atoms with E-state index >= 15 is 0 Å². The van der Waals surface area contributed by atoms with E-state index in [4.69, 9.17) is 0 Å². The van der Waals surface area contributed by atoms with Gasteiger partial charge in [0.25, 0.3) is 5.91 Å². The fourth-order valence-corrected chi connectivity index (χ4v) is 4.39. The van der Waals surface area contributed by atoms with Gasteiger partial charge in [0.15, 0.2) is 9.84 Å². The number of carbonyl (C=O) groups excluding carboxylic acids is 2. The summed E-state index contributed by atoms with van der Waals surface area (Å²) in [4.78, 5) is 26.9. The maximum atomic E-state index is 12.1. The van der Waals surface area contributed by atoms with Crippen LogP contribution in [0, 0.1) is 12.8 Å². The lowest BCUT2D eigenvalue weighted by Gasteiger charge is -2.09. The molecule has 0 spiro atoms. The van der Waals surface area contributed by atoms with Gasteiger partial charge in [0.2, 0.25) is 5.91 Å². The molecule has 0 radical (unpaired) electrons. The largest absolute Gasteiger partial charge is 0.350 e. The van der Waals surface area contributed by atoms with Gasteiger partial charge in [-0.05, 0) is 31.0 Å². The van der Waals surface area contributed by atoms with Gasteiger partial charge in [-0.1, -0.05) is 12.1 Å². The average Bonchev–Trinajstić information content (AvgIpc) is 3.07. The van der Waals surface area contributed by atoms with E-state index in [1.165, 1.54) is 0 Å². The van der Waals surface area contributed by atoms with Crippen LogP contribution >= 0.6 is 0 Å². The molecule has 1 saturated heterocycles. The molecule has 1 atom stereocenters. The Balaban J connectivity index is 1.63. The summed E-state index contributed by atoms with van der Waals surface area (Å²) in [5, 5.41) is 0.897. The van der Waals surface area contributed by atoms with Gasteiger partial charge >= 0.3 is 0 Å². The zero-order valence-corrected chi connectivity index (χ0v) is 13.4. The Morgan fingerprint density at radius 2 is 2.00 bits per heavy atom. The maximum Gasteiger partial charge on any atom is 0.286 e. The van der Waals surface area contributed by atoms with Crippen molar-refractivity contribution in [2.75, 3.05) is 11.5 Å². The summed E-state index contributed by atoms with van der Waals surface area (Å²) in [7, 11) is -3.13. The molecule has 2 aromatic rings. The zero-order valence-electron chi connectivity index (χ0n) is 12.5. The van der Waals surface area contributed by atoms with Crippen molar-refractivity contribution in [2.24, 2.45) is 5.92 Å². The van der Waals surface area contributed by atoms with E-state index in [1.807, 2.05) is 25.1 Å². The number of amides is 2. The molecule has 122 valence electrons. The third kappa shape index (κ3) is 3.37. The van der Waals surface area contributed by atoms with Crippen LogP contribution < -0.4 is 10.9 Å². The first kappa shape index (κ1) is 15.5. The fraction of sp³-hybridized carbons (Fsp3) is 0.333. The van der Waals surface area contributed by atoms with Gasteiger partial charge < -0.3 is 4.98 Å². The van der Waals surface area contributed by atoms with E-state index in [1.54, 1.807) is 6.07 Å². The first-order chi connectivity index (χ1) is 10.8. The number of hydrogen-bond donors (Lipinski definition) is 3. The van der Waals surface area contributed by atoms with Crippen LogP contribution in [-0.4, -0.2) is 36.7 Å². The minimum atomic E-state index is -3.13. The van der Waals surface area contributed by atoms with Gasteiger partial charge in [-0.25, -0.2) is 8.42 Å². The molecule has 7 nitrogen and oxygen atoms in total. The summed E-state index contributed by atoms with van der Waals surface area (Å²) in [6, 6.07) is 7.46. The molecule has 0 bridgehead atoms. The number of hydrazine groups is 1. The Labute approximate surface area is 133 Å².